The molecule has 4 heteroatoms. The van der Waals surface area contributed by atoms with Crippen LogP contribution in [0.15, 0.2) is 0 Å². The predicted octanol–water partition coefficient (Wildman–Crippen LogP) is 1.45. The maximum Gasteiger partial charge on any atom is 0.242 e. The summed E-state index contributed by atoms with van der Waals surface area (Å²) in [7, 11) is 0. The van der Waals surface area contributed by atoms with Gasteiger partial charge in [-0.1, -0.05) is 19.3 Å². The average Bonchev–Trinajstić information content (AvgIpc) is 2.39. The molecule has 1 saturated carbocycles. The Balaban J connectivity index is 1.74. The molecule has 0 atom stereocenters. The van der Waals surface area contributed by atoms with Crippen LogP contribution in [0.2, 0.25) is 0 Å². The van der Waals surface area contributed by atoms with Crippen molar-refractivity contribution in [1.82, 2.24) is 9.80 Å². The van der Waals surface area contributed by atoms with Crippen molar-refractivity contribution < 1.29 is 4.79 Å². The van der Waals surface area contributed by atoms with Gasteiger partial charge in [0.1, 0.15) is 0 Å². The van der Waals surface area contributed by atoms with Crippen LogP contribution in [0, 0.1) is 5.92 Å². The second kappa shape index (κ2) is 6.23. The van der Waals surface area contributed by atoms with Crippen molar-refractivity contribution in [1.29, 1.82) is 0 Å². The lowest BCUT2D eigenvalue weighted by atomic mass is 9.89. The highest BCUT2D eigenvalue weighted by atomic mass is 16.2. The maximum atomic E-state index is 12.1. The quantitative estimate of drug-likeness (QED) is 0.842. The molecule has 0 aromatic heterocycles. The standard InChI is InChI=1S/C15H29N3O/c1-15(2,16)14(19)18-10-8-17(9-11-18)12-13-6-4-3-5-7-13/h13H,3-12,16H2,1-2H3. The Labute approximate surface area is 117 Å². The normalized spacial score (nSPS) is 23.6. The molecule has 0 aromatic carbocycles. The SMILES string of the molecule is CC(C)(N)C(=O)N1CCN(CC2CCCCC2)CC1. The first kappa shape index (κ1) is 14.8. The minimum absolute atomic E-state index is 0.0878. The van der Waals surface area contributed by atoms with Crippen LogP contribution >= 0.6 is 0 Å². The van der Waals surface area contributed by atoms with Crippen molar-refractivity contribution in [2.75, 3.05) is 32.7 Å². The molecule has 1 aliphatic heterocycles. The van der Waals surface area contributed by atoms with E-state index in [2.05, 4.69) is 4.90 Å². The number of hydrogen-bond donors (Lipinski definition) is 1. The number of carbonyl (C=O) groups is 1. The molecule has 0 aromatic rings. The van der Waals surface area contributed by atoms with Gasteiger partial charge >= 0.3 is 0 Å². The summed E-state index contributed by atoms with van der Waals surface area (Å²) in [6.07, 6.45) is 7.03. The van der Waals surface area contributed by atoms with Crippen LogP contribution in [0.4, 0.5) is 0 Å². The third kappa shape index (κ3) is 4.18. The van der Waals surface area contributed by atoms with Gasteiger partial charge < -0.3 is 10.6 Å². The highest BCUT2D eigenvalue weighted by Gasteiger charge is 2.30. The number of hydrogen-bond acceptors (Lipinski definition) is 3. The van der Waals surface area contributed by atoms with Crippen LogP contribution in [0.5, 0.6) is 0 Å². The molecule has 0 radical (unpaired) electrons. The molecule has 19 heavy (non-hydrogen) atoms. The predicted molar refractivity (Wildman–Crippen MR) is 77.9 cm³/mol. The average molecular weight is 267 g/mol. The van der Waals surface area contributed by atoms with Gasteiger partial charge in [0.2, 0.25) is 5.91 Å². The lowest BCUT2D eigenvalue weighted by Crippen LogP contribution is -2.57. The number of rotatable bonds is 3. The molecule has 0 unspecified atom stereocenters. The molecule has 1 aliphatic carbocycles. The summed E-state index contributed by atoms with van der Waals surface area (Å²) < 4.78 is 0. The zero-order chi connectivity index (χ0) is 13.9. The summed E-state index contributed by atoms with van der Waals surface area (Å²) in [5.74, 6) is 0.978. The minimum Gasteiger partial charge on any atom is -0.339 e. The molecule has 4 nitrogen and oxygen atoms in total. The molecule has 1 amide bonds. The molecule has 0 bridgehead atoms. The van der Waals surface area contributed by atoms with Crippen LogP contribution in [-0.4, -0.2) is 54.0 Å². The van der Waals surface area contributed by atoms with Crippen LogP contribution < -0.4 is 5.73 Å². The Bertz CT molecular complexity index is 297. The Morgan fingerprint density at radius 1 is 1.11 bits per heavy atom. The number of carbonyl (C=O) groups excluding carboxylic acids is 1. The van der Waals surface area contributed by atoms with Gasteiger partial charge in [-0.05, 0) is 32.6 Å². The molecule has 2 N–H and O–H groups in total. The van der Waals surface area contributed by atoms with Crippen LogP contribution in [0.25, 0.3) is 0 Å². The van der Waals surface area contributed by atoms with Gasteiger partial charge in [0.25, 0.3) is 0 Å². The lowest BCUT2D eigenvalue weighted by molar-refractivity contribution is -0.137. The van der Waals surface area contributed by atoms with Gasteiger partial charge in [-0.15, -0.1) is 0 Å². The van der Waals surface area contributed by atoms with Crippen molar-refractivity contribution in [2.45, 2.75) is 51.5 Å². The zero-order valence-electron chi connectivity index (χ0n) is 12.5. The second-order valence-electron chi connectivity index (χ2n) is 6.82. The van der Waals surface area contributed by atoms with E-state index in [9.17, 15) is 4.79 Å². The van der Waals surface area contributed by atoms with Crippen LogP contribution in [0.1, 0.15) is 46.0 Å². The Morgan fingerprint density at radius 3 is 2.21 bits per heavy atom. The van der Waals surface area contributed by atoms with Gasteiger partial charge in [-0.25, -0.2) is 0 Å². The molecular weight excluding hydrogens is 238 g/mol. The molecule has 2 rings (SSSR count). The summed E-state index contributed by atoms with van der Waals surface area (Å²) in [5.41, 5.74) is 5.16. The van der Waals surface area contributed by atoms with E-state index in [-0.39, 0.29) is 5.91 Å². The van der Waals surface area contributed by atoms with Gasteiger partial charge in [-0.3, -0.25) is 9.69 Å². The highest BCUT2D eigenvalue weighted by molar-refractivity contribution is 5.85. The van der Waals surface area contributed by atoms with Crippen molar-refractivity contribution >= 4 is 5.91 Å². The van der Waals surface area contributed by atoms with Crippen LogP contribution in [0.3, 0.4) is 0 Å². The summed E-state index contributed by atoms with van der Waals surface area (Å²) in [4.78, 5) is 16.6. The van der Waals surface area contributed by atoms with E-state index in [1.165, 1.54) is 38.6 Å². The number of nitrogens with two attached hydrogens (primary N) is 1. The maximum absolute atomic E-state index is 12.1. The van der Waals surface area contributed by atoms with Crippen molar-refractivity contribution in [2.24, 2.45) is 11.7 Å². The Kier molecular flexibility index (Phi) is 4.85. The van der Waals surface area contributed by atoms with E-state index in [0.717, 1.165) is 32.1 Å². The third-order valence-corrected chi connectivity index (χ3v) is 4.45. The molecule has 2 fully saturated rings. The smallest absolute Gasteiger partial charge is 0.242 e. The fraction of sp³-hybridized carbons (Fsp3) is 0.933. The lowest BCUT2D eigenvalue weighted by Gasteiger charge is -2.39. The van der Waals surface area contributed by atoms with E-state index in [1.807, 2.05) is 4.90 Å². The topological polar surface area (TPSA) is 49.6 Å². The molecule has 1 saturated heterocycles. The van der Waals surface area contributed by atoms with E-state index < -0.39 is 5.54 Å². The van der Waals surface area contributed by atoms with E-state index >= 15 is 0 Å². The molecule has 110 valence electrons. The van der Waals surface area contributed by atoms with E-state index in [4.69, 9.17) is 5.73 Å². The van der Waals surface area contributed by atoms with E-state index in [1.54, 1.807) is 13.8 Å². The highest BCUT2D eigenvalue weighted by Crippen LogP contribution is 2.24. The fourth-order valence-electron chi connectivity index (χ4n) is 3.28. The third-order valence-electron chi connectivity index (χ3n) is 4.45. The number of nitrogens with zero attached hydrogens (tertiary/aromatic N) is 2. The molecule has 0 spiro atoms. The van der Waals surface area contributed by atoms with Crippen molar-refractivity contribution in [3.05, 3.63) is 0 Å². The Hall–Kier alpha value is -0.610. The van der Waals surface area contributed by atoms with Gasteiger partial charge in [0, 0.05) is 32.7 Å². The molecule has 2 aliphatic rings. The minimum atomic E-state index is -0.731. The summed E-state index contributed by atoms with van der Waals surface area (Å²) in [6.45, 7) is 8.52. The summed E-state index contributed by atoms with van der Waals surface area (Å²) in [5, 5.41) is 0. The van der Waals surface area contributed by atoms with Gasteiger partial charge in [0.15, 0.2) is 0 Å². The number of amides is 1. The number of piperazine rings is 1. The van der Waals surface area contributed by atoms with Gasteiger partial charge in [0.05, 0.1) is 5.54 Å². The first-order valence-electron chi connectivity index (χ1n) is 7.77. The molecule has 1 heterocycles. The molecular formula is C15H29N3O. The first-order valence-corrected chi connectivity index (χ1v) is 7.77. The summed E-state index contributed by atoms with van der Waals surface area (Å²) >= 11 is 0. The van der Waals surface area contributed by atoms with Crippen LogP contribution in [-0.2, 0) is 4.79 Å². The van der Waals surface area contributed by atoms with Crippen molar-refractivity contribution in [3.63, 3.8) is 0 Å². The second-order valence-corrected chi connectivity index (χ2v) is 6.82. The van der Waals surface area contributed by atoms with Crippen molar-refractivity contribution in [3.8, 4) is 0 Å². The van der Waals surface area contributed by atoms with Gasteiger partial charge in [-0.2, -0.15) is 0 Å². The fourth-order valence-corrected chi connectivity index (χ4v) is 3.28. The zero-order valence-corrected chi connectivity index (χ0v) is 12.5. The van der Waals surface area contributed by atoms with E-state index in [0.29, 0.717) is 0 Å². The Morgan fingerprint density at radius 2 is 1.68 bits per heavy atom. The largest absolute Gasteiger partial charge is 0.339 e. The first-order chi connectivity index (χ1) is 8.97. The summed E-state index contributed by atoms with van der Waals surface area (Å²) in [6, 6.07) is 0. The monoisotopic (exact) mass is 267 g/mol.